The number of aliphatic hydroxyl groups excluding tert-OH is 4. The van der Waals surface area contributed by atoms with Gasteiger partial charge in [-0.25, -0.2) is 0 Å². The zero-order valence-corrected chi connectivity index (χ0v) is 57.4. The van der Waals surface area contributed by atoms with Gasteiger partial charge < -0.3 is 20.4 Å². The monoisotopic (exact) mass is 1230 g/mol. The summed E-state index contributed by atoms with van der Waals surface area (Å²) in [5.74, 6) is 14.1. The molecule has 0 aromatic heterocycles. The van der Waals surface area contributed by atoms with Crippen LogP contribution in [0.4, 0.5) is 0 Å². The summed E-state index contributed by atoms with van der Waals surface area (Å²) in [7, 11) is 0. The lowest BCUT2D eigenvalue weighted by atomic mass is 9.45. The van der Waals surface area contributed by atoms with Gasteiger partial charge in [-0.2, -0.15) is 27.0 Å². The highest BCUT2D eigenvalue weighted by atomic mass is 32.1. The molecule has 0 heterocycles. The summed E-state index contributed by atoms with van der Waals surface area (Å²) in [5.41, 5.74) is 1.81. The molecule has 0 radical (unpaired) electrons. The quantitative estimate of drug-likeness (QED) is 0.187. The van der Waals surface area contributed by atoms with Gasteiger partial charge in [0, 0.05) is 47.3 Å². The summed E-state index contributed by atoms with van der Waals surface area (Å²) >= 11 is 0. The molecular formula is C76H124O8S2. The van der Waals surface area contributed by atoms with Crippen LogP contribution in [0.15, 0.2) is 0 Å². The summed E-state index contributed by atoms with van der Waals surface area (Å²) in [4.78, 5) is 49.5. The van der Waals surface area contributed by atoms with E-state index in [9.17, 15) is 39.6 Å². The van der Waals surface area contributed by atoms with Crippen molar-refractivity contribution in [1.29, 1.82) is 0 Å². The molecule has 16 aliphatic carbocycles. The van der Waals surface area contributed by atoms with Crippen molar-refractivity contribution in [2.24, 2.45) is 138 Å². The van der Waals surface area contributed by atoms with Crippen LogP contribution in [0.3, 0.4) is 0 Å². The highest BCUT2D eigenvalue weighted by molar-refractivity contribution is 7.59. The fourth-order valence-electron chi connectivity index (χ4n) is 28.0. The average molecular weight is 1230 g/mol. The van der Waals surface area contributed by atoms with E-state index in [-0.39, 0.29) is 73.1 Å². The van der Waals surface area contributed by atoms with E-state index >= 15 is 0 Å². The lowest BCUT2D eigenvalue weighted by Gasteiger charge is -2.60. The number of rotatable bonds is 0. The molecule has 0 amide bonds. The lowest BCUT2D eigenvalue weighted by molar-refractivity contribution is -0.142. The van der Waals surface area contributed by atoms with Crippen LogP contribution in [-0.4, -0.2) is 68.0 Å². The van der Waals surface area contributed by atoms with Crippen LogP contribution in [0.25, 0.3) is 0 Å². The molecule has 0 spiro atoms. The van der Waals surface area contributed by atoms with Crippen molar-refractivity contribution in [2.45, 2.75) is 311 Å². The minimum absolute atomic E-state index is 0. The molecule has 86 heavy (non-hydrogen) atoms. The molecule has 0 aromatic carbocycles. The third-order valence-corrected chi connectivity index (χ3v) is 33.4. The first-order chi connectivity index (χ1) is 39.8. The van der Waals surface area contributed by atoms with Gasteiger partial charge in [0.15, 0.2) is 0 Å². The molecule has 0 aromatic rings. The molecule has 0 unspecified atom stereocenters. The first-order valence-corrected chi connectivity index (χ1v) is 36.7. The van der Waals surface area contributed by atoms with Gasteiger partial charge in [0.2, 0.25) is 0 Å². The number of carbonyl (C=O) groups excluding carboxylic acids is 4. The number of hydrogen-bond donors (Lipinski definition) is 4. The molecule has 0 aliphatic heterocycles. The van der Waals surface area contributed by atoms with Crippen LogP contribution in [0.2, 0.25) is 0 Å². The average Bonchev–Trinajstić information content (AvgIpc) is 1.77. The van der Waals surface area contributed by atoms with Crippen LogP contribution in [0, 0.1) is 138 Å². The maximum absolute atomic E-state index is 12.4. The van der Waals surface area contributed by atoms with E-state index in [2.05, 4.69) is 55.4 Å². The van der Waals surface area contributed by atoms with E-state index in [1.807, 2.05) is 0 Å². The molecule has 16 saturated carbocycles. The van der Waals surface area contributed by atoms with Crippen molar-refractivity contribution >= 4 is 50.1 Å². The van der Waals surface area contributed by atoms with Crippen LogP contribution in [0.1, 0.15) is 287 Å². The van der Waals surface area contributed by atoms with Gasteiger partial charge in [-0.1, -0.05) is 55.4 Å². The summed E-state index contributed by atoms with van der Waals surface area (Å²) in [6.45, 7) is 19.1. The zero-order chi connectivity index (χ0) is 59.3. The highest BCUT2D eigenvalue weighted by Gasteiger charge is 2.65. The van der Waals surface area contributed by atoms with E-state index in [0.717, 1.165) is 199 Å². The molecule has 10 heteroatoms. The Balaban J connectivity index is 0.000000118. The molecule has 0 saturated heterocycles. The number of ketones is 4. The van der Waals surface area contributed by atoms with Crippen molar-refractivity contribution in [3.05, 3.63) is 0 Å². The van der Waals surface area contributed by atoms with Crippen LogP contribution >= 0.6 is 27.0 Å². The topological polar surface area (TPSA) is 149 Å². The third-order valence-electron chi connectivity index (χ3n) is 33.4. The minimum Gasteiger partial charge on any atom is -0.393 e. The van der Waals surface area contributed by atoms with Gasteiger partial charge in [0.05, 0.1) is 24.4 Å². The van der Waals surface area contributed by atoms with Crippen molar-refractivity contribution in [3.63, 3.8) is 0 Å². The lowest BCUT2D eigenvalue weighted by Crippen LogP contribution is -2.54. The number of hydrogen-bond acceptors (Lipinski definition) is 8. The number of Topliss-reactive ketones (excluding diaryl/α,β-unsaturated/α-hetero) is 4. The first kappa shape index (κ1) is 66.7. The predicted molar refractivity (Wildman–Crippen MR) is 352 cm³/mol. The molecule has 488 valence electrons. The zero-order valence-electron chi connectivity index (χ0n) is 55.4. The molecule has 28 atom stereocenters. The Bertz CT molecular complexity index is 2180. The Morgan fingerprint density at radius 2 is 0.453 bits per heavy atom. The van der Waals surface area contributed by atoms with Gasteiger partial charge in [0.25, 0.3) is 0 Å². The van der Waals surface area contributed by atoms with Crippen LogP contribution < -0.4 is 0 Å². The maximum Gasteiger partial charge on any atom is 0.139 e. The molecule has 4 N–H and O–H groups in total. The van der Waals surface area contributed by atoms with Gasteiger partial charge in [0.1, 0.15) is 23.1 Å². The maximum atomic E-state index is 12.4. The second-order valence-electron chi connectivity index (χ2n) is 36.0. The fourth-order valence-corrected chi connectivity index (χ4v) is 28.0. The summed E-state index contributed by atoms with van der Waals surface area (Å²) in [6, 6.07) is 0. The van der Waals surface area contributed by atoms with Gasteiger partial charge in [-0.15, -0.1) is 0 Å². The Hall–Kier alpha value is -0.780. The van der Waals surface area contributed by atoms with E-state index in [1.54, 1.807) is 0 Å². The molecule has 0 bridgehead atoms. The van der Waals surface area contributed by atoms with Crippen molar-refractivity contribution < 1.29 is 39.6 Å². The van der Waals surface area contributed by atoms with Crippen molar-refractivity contribution in [2.75, 3.05) is 0 Å². The number of fused-ring (bicyclic) bond motifs is 20. The molecule has 16 rings (SSSR count). The smallest absolute Gasteiger partial charge is 0.139 e. The van der Waals surface area contributed by atoms with Gasteiger partial charge >= 0.3 is 0 Å². The summed E-state index contributed by atoms with van der Waals surface area (Å²) < 4.78 is 0. The van der Waals surface area contributed by atoms with E-state index in [4.69, 9.17) is 0 Å². The van der Waals surface area contributed by atoms with E-state index in [0.29, 0.717) is 68.5 Å². The Labute approximate surface area is 535 Å². The molecule has 16 fully saturated rings. The first-order valence-electron chi connectivity index (χ1n) is 36.7. The normalized spacial score (nSPS) is 55.2. The second-order valence-corrected chi connectivity index (χ2v) is 36.0. The highest BCUT2D eigenvalue weighted by Crippen LogP contribution is 2.70. The summed E-state index contributed by atoms with van der Waals surface area (Å²) in [6.07, 6.45) is 40.6. The van der Waals surface area contributed by atoms with Crippen LogP contribution in [0.5, 0.6) is 0 Å². The Morgan fingerprint density at radius 3 is 0.651 bits per heavy atom. The Kier molecular flexibility index (Phi) is 18.8. The van der Waals surface area contributed by atoms with E-state index < -0.39 is 0 Å². The van der Waals surface area contributed by atoms with Gasteiger partial charge in [-0.05, 0) is 322 Å². The predicted octanol–water partition coefficient (Wildman–Crippen LogP) is 16.1. The van der Waals surface area contributed by atoms with Crippen molar-refractivity contribution in [1.82, 2.24) is 0 Å². The van der Waals surface area contributed by atoms with Gasteiger partial charge in [-0.3, -0.25) is 19.2 Å². The molecular weight excluding hydrogens is 1100 g/mol. The number of aliphatic hydroxyl groups is 4. The SMILES string of the molecule is C[C@]12CC[C@H](O)C[C@@H]1CC[C@@H]1[C@@H]2CC[C@]2(C)C(=O)CC[C@@H]12.C[C@]12CC[C@H](O)C[C@@H]1CC[C@@H]1[C@@H]2CC[C@]2(C)C(=O)CC[C@@H]12.C[C@]12CC[C@H](O)C[C@@H]1CC[C@@H]1[C@@H]2CC[C@]2(C)C(=O)CC[C@@H]12.C[C@]12CC[C@H](O)C[C@@H]1CC[C@@H]1[C@@H]2CC[C@]2(C)C(=O)CC[C@@H]12.S.S. The van der Waals surface area contributed by atoms with E-state index in [1.165, 1.54) is 103 Å². The standard InChI is InChI=1S/4C19H30O2.2H2S/c4*1-18-9-7-13(20)11-12(18)3-4-14-15-5-6-17(21)19(15,2)10-8-16(14)18;;/h4*12-16,20H,3-11H2,1-2H3;2*1H2/t4*12-,13-,14-,15-,16-,18-,19-;;/m0000../s1. The fraction of sp³-hybridized carbons (Fsp3) is 0.947. The Morgan fingerprint density at radius 1 is 0.256 bits per heavy atom. The third kappa shape index (κ3) is 10.5. The molecule has 8 nitrogen and oxygen atoms in total. The largest absolute Gasteiger partial charge is 0.393 e. The minimum atomic E-state index is -0.0541. The summed E-state index contributed by atoms with van der Waals surface area (Å²) in [5, 5.41) is 40.2. The van der Waals surface area contributed by atoms with Crippen LogP contribution in [-0.2, 0) is 19.2 Å². The number of carbonyl (C=O) groups is 4. The molecule has 16 aliphatic rings. The van der Waals surface area contributed by atoms with Crippen molar-refractivity contribution in [3.8, 4) is 0 Å². The second kappa shape index (κ2) is 24.2.